The quantitative estimate of drug-likeness (QED) is 0.279. The minimum Gasteiger partial charge on any atom is -0.258 e. The zero-order chi connectivity index (χ0) is 15.7. The molecule has 2 rings (SSSR count). The van der Waals surface area contributed by atoms with Gasteiger partial charge in [0.25, 0.3) is 0 Å². The number of rotatable bonds is 2. The first-order chi connectivity index (χ1) is 9.88. The van der Waals surface area contributed by atoms with Crippen molar-refractivity contribution in [3.63, 3.8) is 0 Å². The summed E-state index contributed by atoms with van der Waals surface area (Å²) < 4.78 is 53.6. The first-order valence-electron chi connectivity index (χ1n) is 5.39. The number of nitro groups is 1. The van der Waals surface area contributed by atoms with E-state index in [1.54, 1.807) is 6.07 Å². The first kappa shape index (κ1) is 14.5. The molecule has 0 heterocycles. The van der Waals surface area contributed by atoms with Crippen LogP contribution in [0.5, 0.6) is 0 Å². The largest absolute Gasteiger partial charge is 0.318 e. The molecular weight excluding hydrogens is 292 g/mol. The van der Waals surface area contributed by atoms with Crippen molar-refractivity contribution in [2.75, 3.05) is 0 Å². The summed E-state index contributed by atoms with van der Waals surface area (Å²) in [7, 11) is 0. The van der Waals surface area contributed by atoms with Crippen molar-refractivity contribution in [2.45, 2.75) is 0 Å². The fourth-order valence-electron chi connectivity index (χ4n) is 1.77. The molecule has 0 unspecified atom stereocenters. The normalized spacial score (nSPS) is 10.2. The SMILES string of the molecule is N#Cc1ccc(-c2c(F)c(F)c(F)c(F)c2[N+](=O)[O-])cc1. The van der Waals surface area contributed by atoms with Crippen molar-refractivity contribution in [3.8, 4) is 17.2 Å². The van der Waals surface area contributed by atoms with Gasteiger partial charge < -0.3 is 0 Å². The topological polar surface area (TPSA) is 66.9 Å². The lowest BCUT2D eigenvalue weighted by Gasteiger charge is -2.08. The highest BCUT2D eigenvalue weighted by Gasteiger charge is 2.33. The molecule has 2 aromatic carbocycles. The van der Waals surface area contributed by atoms with Crippen LogP contribution in [0.2, 0.25) is 0 Å². The lowest BCUT2D eigenvalue weighted by Crippen LogP contribution is -2.05. The van der Waals surface area contributed by atoms with Crippen LogP contribution in [0.25, 0.3) is 11.1 Å². The van der Waals surface area contributed by atoms with Gasteiger partial charge in [0.2, 0.25) is 11.6 Å². The van der Waals surface area contributed by atoms with Gasteiger partial charge >= 0.3 is 5.69 Å². The molecule has 0 N–H and O–H groups in total. The number of hydrogen-bond donors (Lipinski definition) is 0. The predicted molar refractivity (Wildman–Crippen MR) is 63.1 cm³/mol. The van der Waals surface area contributed by atoms with Gasteiger partial charge in [-0.05, 0) is 17.7 Å². The van der Waals surface area contributed by atoms with Gasteiger partial charge in [-0.1, -0.05) is 12.1 Å². The lowest BCUT2D eigenvalue weighted by atomic mass is 10.0. The van der Waals surface area contributed by atoms with E-state index < -0.39 is 39.4 Å². The van der Waals surface area contributed by atoms with Crippen LogP contribution in [-0.2, 0) is 0 Å². The summed E-state index contributed by atoms with van der Waals surface area (Å²) in [6, 6.07) is 6.25. The van der Waals surface area contributed by atoms with Crippen LogP contribution in [0.3, 0.4) is 0 Å². The number of hydrogen-bond acceptors (Lipinski definition) is 3. The maximum atomic E-state index is 13.8. The predicted octanol–water partition coefficient (Wildman–Crippen LogP) is 3.69. The molecule has 0 atom stereocenters. The highest BCUT2D eigenvalue weighted by atomic mass is 19.2. The zero-order valence-corrected chi connectivity index (χ0v) is 10.0. The minimum atomic E-state index is -2.25. The van der Waals surface area contributed by atoms with Gasteiger partial charge in [0.05, 0.1) is 16.6 Å². The van der Waals surface area contributed by atoms with Gasteiger partial charge in [-0.15, -0.1) is 0 Å². The Kier molecular flexibility index (Phi) is 3.58. The Morgan fingerprint density at radius 1 is 0.952 bits per heavy atom. The molecule has 0 saturated heterocycles. The highest BCUT2D eigenvalue weighted by Crippen LogP contribution is 2.37. The van der Waals surface area contributed by atoms with Gasteiger partial charge in [0.15, 0.2) is 11.6 Å². The van der Waals surface area contributed by atoms with Crippen LogP contribution < -0.4 is 0 Å². The first-order valence-corrected chi connectivity index (χ1v) is 5.39. The molecule has 0 fully saturated rings. The van der Waals surface area contributed by atoms with Crippen LogP contribution in [-0.4, -0.2) is 4.92 Å². The van der Waals surface area contributed by atoms with E-state index in [1.165, 1.54) is 12.1 Å². The van der Waals surface area contributed by atoms with Crippen molar-refractivity contribution >= 4 is 5.69 Å². The summed E-state index contributed by atoms with van der Waals surface area (Å²) in [5.41, 5.74) is -2.61. The van der Waals surface area contributed by atoms with Gasteiger partial charge in [0.1, 0.15) is 5.56 Å². The van der Waals surface area contributed by atoms with Crippen LogP contribution in [0, 0.1) is 44.7 Å². The Morgan fingerprint density at radius 3 is 1.95 bits per heavy atom. The Bertz CT molecular complexity index is 782. The van der Waals surface area contributed by atoms with Crippen LogP contribution >= 0.6 is 0 Å². The molecule has 0 aliphatic heterocycles. The van der Waals surface area contributed by atoms with E-state index in [0.29, 0.717) is 0 Å². The Morgan fingerprint density at radius 2 is 1.48 bits per heavy atom. The second-order valence-corrected chi connectivity index (χ2v) is 3.93. The van der Waals surface area contributed by atoms with E-state index in [2.05, 4.69) is 0 Å². The van der Waals surface area contributed by atoms with E-state index in [4.69, 9.17) is 5.26 Å². The molecule has 0 bridgehead atoms. The van der Waals surface area contributed by atoms with Crippen molar-refractivity contribution in [2.24, 2.45) is 0 Å². The monoisotopic (exact) mass is 296 g/mol. The summed E-state index contributed by atoms with van der Waals surface area (Å²) in [5, 5.41) is 19.4. The summed E-state index contributed by atoms with van der Waals surface area (Å²) in [4.78, 5) is 9.47. The smallest absolute Gasteiger partial charge is 0.258 e. The Balaban J connectivity index is 2.84. The molecule has 106 valence electrons. The fourth-order valence-corrected chi connectivity index (χ4v) is 1.77. The van der Waals surface area contributed by atoms with Gasteiger partial charge in [-0.2, -0.15) is 9.65 Å². The number of benzene rings is 2. The molecule has 8 heteroatoms. The molecule has 0 aromatic heterocycles. The van der Waals surface area contributed by atoms with Crippen LogP contribution in [0.1, 0.15) is 5.56 Å². The average Bonchev–Trinajstić information content (AvgIpc) is 2.48. The average molecular weight is 296 g/mol. The summed E-state index contributed by atoms with van der Waals surface area (Å²) in [6.07, 6.45) is 0. The molecule has 0 radical (unpaired) electrons. The van der Waals surface area contributed by atoms with E-state index in [0.717, 1.165) is 12.1 Å². The van der Waals surface area contributed by atoms with E-state index in [-0.39, 0.29) is 11.1 Å². The Labute approximate surface area is 115 Å². The molecule has 0 saturated carbocycles. The van der Waals surface area contributed by atoms with E-state index in [9.17, 15) is 27.7 Å². The van der Waals surface area contributed by atoms with Gasteiger partial charge in [-0.3, -0.25) is 10.1 Å². The number of halogens is 4. The van der Waals surface area contributed by atoms with Crippen molar-refractivity contribution in [1.82, 2.24) is 0 Å². The minimum absolute atomic E-state index is 0.157. The standard InChI is InChI=1S/C13H4F4N2O2/c14-9-8(7-3-1-6(5-18)2-4-7)13(19(20)21)12(17)11(16)10(9)15/h1-4H. The number of nitro benzene ring substituents is 1. The highest BCUT2D eigenvalue weighted by molar-refractivity contribution is 5.75. The molecular formula is C13H4F4N2O2. The van der Waals surface area contributed by atoms with Crippen LogP contribution in [0.15, 0.2) is 24.3 Å². The summed E-state index contributed by atoms with van der Waals surface area (Å²) in [6.45, 7) is 0. The maximum Gasteiger partial charge on any atom is 0.318 e. The number of nitrogens with zero attached hydrogens (tertiary/aromatic N) is 2. The molecule has 0 aliphatic carbocycles. The third kappa shape index (κ3) is 2.29. The third-order valence-corrected chi connectivity index (χ3v) is 2.73. The third-order valence-electron chi connectivity index (χ3n) is 2.73. The van der Waals surface area contributed by atoms with Crippen LogP contribution in [0.4, 0.5) is 23.2 Å². The second-order valence-electron chi connectivity index (χ2n) is 3.93. The maximum absolute atomic E-state index is 13.8. The van der Waals surface area contributed by atoms with E-state index >= 15 is 0 Å². The molecule has 21 heavy (non-hydrogen) atoms. The van der Waals surface area contributed by atoms with E-state index in [1.807, 2.05) is 0 Å². The van der Waals surface area contributed by atoms with Crippen molar-refractivity contribution < 1.29 is 22.5 Å². The molecule has 4 nitrogen and oxygen atoms in total. The van der Waals surface area contributed by atoms with Gasteiger partial charge in [0, 0.05) is 0 Å². The second kappa shape index (κ2) is 5.20. The fraction of sp³-hybridized carbons (Fsp3) is 0. The lowest BCUT2D eigenvalue weighted by molar-refractivity contribution is -0.387. The summed E-state index contributed by atoms with van der Waals surface area (Å²) >= 11 is 0. The van der Waals surface area contributed by atoms with Crippen molar-refractivity contribution in [3.05, 3.63) is 63.2 Å². The number of nitriles is 1. The Hall–Kier alpha value is -2.95. The molecule has 0 amide bonds. The summed E-state index contributed by atoms with van der Waals surface area (Å²) in [5.74, 6) is -8.35. The zero-order valence-electron chi connectivity index (χ0n) is 10.0. The molecule has 2 aromatic rings. The van der Waals surface area contributed by atoms with Gasteiger partial charge in [-0.25, -0.2) is 13.2 Å². The molecule has 0 aliphatic rings. The van der Waals surface area contributed by atoms with Crippen molar-refractivity contribution in [1.29, 1.82) is 5.26 Å². The molecule has 0 spiro atoms.